The summed E-state index contributed by atoms with van der Waals surface area (Å²) in [5, 5.41) is 12.3. The number of aliphatic hydroxyl groups is 1. The van der Waals surface area contributed by atoms with E-state index >= 15 is 0 Å². The number of rotatable bonds is 6. The Morgan fingerprint density at radius 1 is 1.45 bits per heavy atom. The van der Waals surface area contributed by atoms with Gasteiger partial charge < -0.3 is 15.3 Å². The topological polar surface area (TPSA) is 61.3 Å². The maximum absolute atomic E-state index is 9.06. The van der Waals surface area contributed by atoms with Crippen molar-refractivity contribution >= 4 is 11.6 Å². The van der Waals surface area contributed by atoms with E-state index < -0.39 is 0 Å². The fourth-order valence-electron chi connectivity index (χ4n) is 2.60. The van der Waals surface area contributed by atoms with Gasteiger partial charge in [-0.3, -0.25) is 0 Å². The van der Waals surface area contributed by atoms with Crippen molar-refractivity contribution in [2.24, 2.45) is 5.92 Å². The standard InChI is InChI=1S/C15H26N4O/c1-4-16-13-9-14(18-15(17-13)11(2)3)19-7-5-12(10-19)6-8-20/h9,11-12,20H,4-8,10H2,1-3H3,(H,16,17,18). The van der Waals surface area contributed by atoms with E-state index in [1.807, 2.05) is 6.07 Å². The molecule has 1 aliphatic heterocycles. The Morgan fingerprint density at radius 2 is 2.25 bits per heavy atom. The van der Waals surface area contributed by atoms with Crippen LogP contribution in [-0.2, 0) is 0 Å². The smallest absolute Gasteiger partial charge is 0.135 e. The lowest BCUT2D eigenvalue weighted by atomic mass is 10.1. The normalized spacial score (nSPS) is 18.9. The van der Waals surface area contributed by atoms with Gasteiger partial charge in [0, 0.05) is 38.2 Å². The minimum Gasteiger partial charge on any atom is -0.396 e. The maximum atomic E-state index is 9.06. The van der Waals surface area contributed by atoms with E-state index in [0.717, 1.165) is 49.9 Å². The molecule has 0 aromatic carbocycles. The van der Waals surface area contributed by atoms with Crippen LogP contribution in [0.1, 0.15) is 45.4 Å². The van der Waals surface area contributed by atoms with Crippen molar-refractivity contribution in [3.05, 3.63) is 11.9 Å². The molecule has 2 heterocycles. The van der Waals surface area contributed by atoms with Crippen LogP contribution in [0.3, 0.4) is 0 Å². The molecule has 0 bridgehead atoms. The monoisotopic (exact) mass is 278 g/mol. The van der Waals surface area contributed by atoms with E-state index in [9.17, 15) is 0 Å². The molecule has 2 rings (SSSR count). The summed E-state index contributed by atoms with van der Waals surface area (Å²) in [7, 11) is 0. The van der Waals surface area contributed by atoms with Crippen molar-refractivity contribution in [2.45, 2.75) is 39.5 Å². The third-order valence-corrected chi connectivity index (χ3v) is 3.75. The van der Waals surface area contributed by atoms with Crippen molar-refractivity contribution in [1.82, 2.24) is 9.97 Å². The lowest BCUT2D eigenvalue weighted by Gasteiger charge is -2.20. The van der Waals surface area contributed by atoms with E-state index in [2.05, 4.69) is 36.0 Å². The second-order valence-electron chi connectivity index (χ2n) is 5.77. The molecule has 20 heavy (non-hydrogen) atoms. The molecule has 5 nitrogen and oxygen atoms in total. The van der Waals surface area contributed by atoms with Gasteiger partial charge in [-0.2, -0.15) is 0 Å². The summed E-state index contributed by atoms with van der Waals surface area (Å²) in [5.41, 5.74) is 0. The van der Waals surface area contributed by atoms with E-state index in [1.165, 1.54) is 0 Å². The summed E-state index contributed by atoms with van der Waals surface area (Å²) in [6, 6.07) is 2.04. The minimum atomic E-state index is 0.280. The Bertz CT molecular complexity index is 436. The molecule has 1 aromatic heterocycles. The largest absolute Gasteiger partial charge is 0.396 e. The molecule has 0 saturated carbocycles. The highest BCUT2D eigenvalue weighted by molar-refractivity contribution is 5.50. The van der Waals surface area contributed by atoms with Crippen LogP contribution in [0, 0.1) is 5.92 Å². The molecule has 0 aliphatic carbocycles. The summed E-state index contributed by atoms with van der Waals surface area (Å²) in [4.78, 5) is 11.6. The molecule has 1 atom stereocenters. The first-order valence-corrected chi connectivity index (χ1v) is 7.62. The summed E-state index contributed by atoms with van der Waals surface area (Å²) < 4.78 is 0. The van der Waals surface area contributed by atoms with Gasteiger partial charge in [-0.15, -0.1) is 0 Å². The fourth-order valence-corrected chi connectivity index (χ4v) is 2.60. The second-order valence-corrected chi connectivity index (χ2v) is 5.77. The highest BCUT2D eigenvalue weighted by Gasteiger charge is 2.24. The van der Waals surface area contributed by atoms with Crippen molar-refractivity contribution in [1.29, 1.82) is 0 Å². The fraction of sp³-hybridized carbons (Fsp3) is 0.733. The zero-order valence-electron chi connectivity index (χ0n) is 12.8. The van der Waals surface area contributed by atoms with Crippen LogP contribution >= 0.6 is 0 Å². The van der Waals surface area contributed by atoms with Crippen LogP contribution in [0.4, 0.5) is 11.6 Å². The predicted molar refractivity (Wildman–Crippen MR) is 82.3 cm³/mol. The highest BCUT2D eigenvalue weighted by atomic mass is 16.3. The van der Waals surface area contributed by atoms with Crippen LogP contribution < -0.4 is 10.2 Å². The van der Waals surface area contributed by atoms with Gasteiger partial charge >= 0.3 is 0 Å². The summed E-state index contributed by atoms with van der Waals surface area (Å²) in [5.74, 6) is 3.72. The molecule has 1 unspecified atom stereocenters. The molecule has 2 N–H and O–H groups in total. The molecule has 5 heteroatoms. The first kappa shape index (κ1) is 15.0. The first-order chi connectivity index (χ1) is 9.63. The van der Waals surface area contributed by atoms with E-state index in [1.54, 1.807) is 0 Å². The molecule has 112 valence electrons. The van der Waals surface area contributed by atoms with Crippen molar-refractivity contribution in [3.8, 4) is 0 Å². The molecule has 0 amide bonds. The van der Waals surface area contributed by atoms with E-state index in [4.69, 9.17) is 10.1 Å². The molecule has 1 aromatic rings. The summed E-state index contributed by atoms with van der Waals surface area (Å²) in [6.07, 6.45) is 2.02. The number of aliphatic hydroxyl groups excluding tert-OH is 1. The third-order valence-electron chi connectivity index (χ3n) is 3.75. The lowest BCUT2D eigenvalue weighted by molar-refractivity contribution is 0.263. The summed E-state index contributed by atoms with van der Waals surface area (Å²) >= 11 is 0. The van der Waals surface area contributed by atoms with Gasteiger partial charge in [-0.25, -0.2) is 9.97 Å². The van der Waals surface area contributed by atoms with Gasteiger partial charge in [0.1, 0.15) is 17.5 Å². The zero-order chi connectivity index (χ0) is 14.5. The second kappa shape index (κ2) is 6.88. The Labute approximate surface area is 121 Å². The molecule has 1 aliphatic rings. The lowest BCUT2D eigenvalue weighted by Crippen LogP contribution is -2.22. The number of anilines is 2. The van der Waals surface area contributed by atoms with Gasteiger partial charge in [-0.1, -0.05) is 13.8 Å². The molecular weight excluding hydrogens is 252 g/mol. The maximum Gasteiger partial charge on any atom is 0.135 e. The highest BCUT2D eigenvalue weighted by Crippen LogP contribution is 2.26. The molecule has 1 saturated heterocycles. The number of aromatic nitrogens is 2. The minimum absolute atomic E-state index is 0.280. The van der Waals surface area contributed by atoms with Gasteiger partial charge in [-0.05, 0) is 25.7 Å². The van der Waals surface area contributed by atoms with Crippen molar-refractivity contribution in [3.63, 3.8) is 0 Å². The van der Waals surface area contributed by atoms with Crippen molar-refractivity contribution in [2.75, 3.05) is 36.5 Å². The Balaban J connectivity index is 2.18. The Morgan fingerprint density at radius 3 is 2.90 bits per heavy atom. The quantitative estimate of drug-likeness (QED) is 0.835. The van der Waals surface area contributed by atoms with Crippen LogP contribution in [0.25, 0.3) is 0 Å². The number of nitrogens with one attached hydrogen (secondary N) is 1. The van der Waals surface area contributed by atoms with Crippen molar-refractivity contribution < 1.29 is 5.11 Å². The third kappa shape index (κ3) is 3.60. The van der Waals surface area contributed by atoms with E-state index in [0.29, 0.717) is 11.8 Å². The molecular formula is C15H26N4O. The number of nitrogens with zero attached hydrogens (tertiary/aromatic N) is 3. The Kier molecular flexibility index (Phi) is 5.17. The number of hydrogen-bond acceptors (Lipinski definition) is 5. The number of hydrogen-bond donors (Lipinski definition) is 2. The van der Waals surface area contributed by atoms with Gasteiger partial charge in [0.05, 0.1) is 0 Å². The SMILES string of the molecule is CCNc1cc(N2CCC(CCO)C2)nc(C(C)C)n1. The van der Waals surface area contributed by atoms with Gasteiger partial charge in [0.25, 0.3) is 0 Å². The molecule has 1 fully saturated rings. The first-order valence-electron chi connectivity index (χ1n) is 7.62. The van der Waals surface area contributed by atoms with Gasteiger partial charge in [0.15, 0.2) is 0 Å². The van der Waals surface area contributed by atoms with Crippen LogP contribution in [0.15, 0.2) is 6.07 Å². The predicted octanol–water partition coefficient (Wildman–Crippen LogP) is 2.24. The Hall–Kier alpha value is -1.36. The molecule has 0 spiro atoms. The summed E-state index contributed by atoms with van der Waals surface area (Å²) in [6.45, 7) is 9.46. The average molecular weight is 278 g/mol. The van der Waals surface area contributed by atoms with Gasteiger partial charge in [0.2, 0.25) is 0 Å². The van der Waals surface area contributed by atoms with E-state index in [-0.39, 0.29) is 6.61 Å². The van der Waals surface area contributed by atoms with Crippen LogP contribution in [-0.4, -0.2) is 41.3 Å². The average Bonchev–Trinajstić information content (AvgIpc) is 2.88. The van der Waals surface area contributed by atoms with Crippen LogP contribution in [0.5, 0.6) is 0 Å². The zero-order valence-corrected chi connectivity index (χ0v) is 12.8. The molecule has 0 radical (unpaired) electrons. The van der Waals surface area contributed by atoms with Crippen LogP contribution in [0.2, 0.25) is 0 Å².